The minimum absolute atomic E-state index is 0.0355. The number of rotatable bonds is 0. The van der Waals surface area contributed by atoms with Crippen LogP contribution in [0.2, 0.25) is 0 Å². The van der Waals surface area contributed by atoms with Crippen molar-refractivity contribution < 1.29 is 0 Å². The summed E-state index contributed by atoms with van der Waals surface area (Å²) in [5.74, 6) is -0.0994. The summed E-state index contributed by atoms with van der Waals surface area (Å²) in [6.45, 7) is 19.1. The van der Waals surface area contributed by atoms with Crippen LogP contribution < -0.4 is 0 Å². The average molecular weight is 371 g/mol. The summed E-state index contributed by atoms with van der Waals surface area (Å²) in [4.78, 5) is 10.3. The molecule has 0 amide bonds. The first-order valence-corrected chi connectivity index (χ1v) is 10.3. The summed E-state index contributed by atoms with van der Waals surface area (Å²) < 4.78 is 0. The van der Waals surface area contributed by atoms with Crippen LogP contribution in [0.5, 0.6) is 0 Å². The second-order valence-corrected chi connectivity index (χ2v) is 10.5. The van der Waals surface area contributed by atoms with Crippen molar-refractivity contribution in [2.75, 3.05) is 28.2 Å². The zero-order valence-electron chi connectivity index (χ0n) is 19.4. The van der Waals surface area contributed by atoms with Gasteiger partial charge in [0.15, 0.2) is 5.91 Å². The van der Waals surface area contributed by atoms with E-state index in [9.17, 15) is 0 Å². The highest BCUT2D eigenvalue weighted by Crippen LogP contribution is 2.60. The molecule has 27 heavy (non-hydrogen) atoms. The summed E-state index contributed by atoms with van der Waals surface area (Å²) >= 11 is 0. The molecular formula is C23H38N4. The van der Waals surface area contributed by atoms with Crippen LogP contribution in [0, 0.1) is 27.7 Å². The first kappa shape index (κ1) is 19.4. The van der Waals surface area contributed by atoms with E-state index in [0.29, 0.717) is 12.3 Å². The lowest BCUT2D eigenvalue weighted by Crippen LogP contribution is -2.99. The van der Waals surface area contributed by atoms with E-state index in [1.54, 1.807) is 11.1 Å². The Kier molecular flexibility index (Phi) is 3.70. The molecule has 4 heteroatoms. The van der Waals surface area contributed by atoms with Crippen LogP contribution in [0.25, 0.3) is 0 Å². The van der Waals surface area contributed by atoms with Crippen LogP contribution >= 0.6 is 0 Å². The van der Waals surface area contributed by atoms with Crippen molar-refractivity contribution in [2.45, 2.75) is 84.5 Å². The Morgan fingerprint density at radius 1 is 0.519 bits per heavy atom. The molecule has 0 radical (unpaired) electrons. The van der Waals surface area contributed by atoms with E-state index in [0.717, 1.165) is 0 Å². The summed E-state index contributed by atoms with van der Waals surface area (Å²) in [5.41, 5.74) is 9.10. The summed E-state index contributed by atoms with van der Waals surface area (Å²) in [6, 6.07) is 0. The standard InChI is InChI=1S/C23H38N4/c1-13-14(2)16(4)18-17(15(13)3)21(5,6)19-24(9)23(25(19)10)26(11)20(27(23)12)22(18,7)8/h19-20H,1-12H3. The third-order valence-corrected chi connectivity index (χ3v) is 8.63. The van der Waals surface area contributed by atoms with Crippen molar-refractivity contribution in [3.8, 4) is 0 Å². The molecule has 0 unspecified atom stereocenters. The average Bonchev–Trinajstić information content (AvgIpc) is 2.58. The predicted octanol–water partition coefficient (Wildman–Crippen LogP) is 3.51. The van der Waals surface area contributed by atoms with Gasteiger partial charge in [-0.2, -0.15) is 0 Å². The first-order chi connectivity index (χ1) is 12.3. The number of nitrogens with zero attached hydrogens (tertiary/aromatic N) is 4. The molecule has 150 valence electrons. The molecule has 4 nitrogen and oxygen atoms in total. The monoisotopic (exact) mass is 370 g/mol. The minimum Gasteiger partial charge on any atom is -0.246 e. The largest absolute Gasteiger partial charge is 0.246 e. The van der Waals surface area contributed by atoms with E-state index < -0.39 is 0 Å². The van der Waals surface area contributed by atoms with E-state index in [1.807, 2.05) is 0 Å². The van der Waals surface area contributed by atoms with E-state index in [2.05, 4.69) is 103 Å². The van der Waals surface area contributed by atoms with Crippen LogP contribution in [0.3, 0.4) is 0 Å². The van der Waals surface area contributed by atoms with Gasteiger partial charge < -0.3 is 0 Å². The van der Waals surface area contributed by atoms with Crippen molar-refractivity contribution in [3.63, 3.8) is 0 Å². The molecule has 3 bridgehead atoms. The van der Waals surface area contributed by atoms with Gasteiger partial charge in [0.1, 0.15) is 0 Å². The Morgan fingerprint density at radius 3 is 1.04 bits per heavy atom. The maximum absolute atomic E-state index is 2.58. The second kappa shape index (κ2) is 5.15. The Morgan fingerprint density at radius 2 is 0.778 bits per heavy atom. The highest BCUT2D eigenvalue weighted by atomic mass is 15.9. The molecule has 5 aliphatic rings. The van der Waals surface area contributed by atoms with Crippen molar-refractivity contribution in [3.05, 3.63) is 33.4 Å². The van der Waals surface area contributed by atoms with Crippen molar-refractivity contribution in [2.24, 2.45) is 0 Å². The maximum atomic E-state index is 2.58. The molecular weight excluding hydrogens is 332 g/mol. The van der Waals surface area contributed by atoms with Gasteiger partial charge in [-0.25, -0.2) is 19.6 Å². The molecule has 0 atom stereocenters. The van der Waals surface area contributed by atoms with E-state index in [4.69, 9.17) is 0 Å². The molecule has 2 saturated heterocycles. The molecule has 2 fully saturated rings. The smallest absolute Gasteiger partial charge is 0.195 e. The maximum Gasteiger partial charge on any atom is 0.195 e. The van der Waals surface area contributed by atoms with Gasteiger partial charge in [0, 0.05) is 10.8 Å². The van der Waals surface area contributed by atoms with Crippen molar-refractivity contribution in [1.82, 2.24) is 19.6 Å². The van der Waals surface area contributed by atoms with Crippen LogP contribution in [0.1, 0.15) is 61.1 Å². The molecule has 1 aromatic carbocycles. The highest BCUT2D eigenvalue weighted by molar-refractivity contribution is 5.57. The predicted molar refractivity (Wildman–Crippen MR) is 113 cm³/mol. The molecule has 5 aliphatic heterocycles. The van der Waals surface area contributed by atoms with Crippen LogP contribution in [0.15, 0.2) is 0 Å². The molecule has 6 rings (SSSR count). The number of likely N-dealkylation sites (N-methyl/N-ethyl adjacent to an activating group) is 4. The zero-order valence-corrected chi connectivity index (χ0v) is 19.4. The molecule has 0 aromatic heterocycles. The van der Waals surface area contributed by atoms with Crippen LogP contribution in [0.4, 0.5) is 0 Å². The Labute approximate surface area is 166 Å². The van der Waals surface area contributed by atoms with Gasteiger partial charge in [0.25, 0.3) is 0 Å². The van der Waals surface area contributed by atoms with Crippen molar-refractivity contribution in [1.29, 1.82) is 0 Å². The number of benzene rings is 1. The normalized spacial score (nSPS) is 35.6. The Balaban J connectivity index is 2.14. The molecule has 1 aromatic rings. The highest BCUT2D eigenvalue weighted by Gasteiger charge is 2.75. The zero-order chi connectivity index (χ0) is 20.4. The SMILES string of the molecule is Cc1c(C)c(C)c2c(c1C)C(C)(C)C1N(C)C3(N1C)N(C)C(N3C)C2(C)C. The molecule has 0 saturated carbocycles. The van der Waals surface area contributed by atoms with Crippen molar-refractivity contribution >= 4 is 0 Å². The minimum atomic E-state index is -0.0994. The topological polar surface area (TPSA) is 13.0 Å². The van der Waals surface area contributed by atoms with Gasteiger partial charge in [-0.3, -0.25) is 0 Å². The molecule has 0 aliphatic carbocycles. The lowest BCUT2D eigenvalue weighted by molar-refractivity contribution is -0.458. The lowest BCUT2D eigenvalue weighted by Gasteiger charge is -2.80. The fourth-order valence-electron chi connectivity index (χ4n) is 7.67. The van der Waals surface area contributed by atoms with Gasteiger partial charge in [0.05, 0.1) is 12.3 Å². The van der Waals surface area contributed by atoms with E-state index >= 15 is 0 Å². The number of hydrogen-bond donors (Lipinski definition) is 0. The van der Waals surface area contributed by atoms with Gasteiger partial charge in [0.2, 0.25) is 0 Å². The fraction of sp³-hybridized carbons (Fsp3) is 0.739. The summed E-state index contributed by atoms with van der Waals surface area (Å²) in [6.07, 6.45) is 0.743. The molecule has 1 spiro atoms. The number of hydrogen-bond acceptors (Lipinski definition) is 4. The van der Waals surface area contributed by atoms with Gasteiger partial charge in [-0.1, -0.05) is 27.7 Å². The van der Waals surface area contributed by atoms with Crippen LogP contribution in [-0.4, -0.2) is 66.0 Å². The Bertz CT molecular complexity index is 745. The third kappa shape index (κ3) is 1.76. The van der Waals surface area contributed by atoms with Gasteiger partial charge >= 0.3 is 0 Å². The molecule has 5 heterocycles. The summed E-state index contributed by atoms with van der Waals surface area (Å²) in [5, 5.41) is 0. The Hall–Kier alpha value is -0.940. The van der Waals surface area contributed by atoms with E-state index in [1.165, 1.54) is 22.3 Å². The quantitative estimate of drug-likeness (QED) is 0.693. The van der Waals surface area contributed by atoms with Gasteiger partial charge in [-0.05, 0) is 89.3 Å². The second-order valence-electron chi connectivity index (χ2n) is 10.5. The first-order valence-electron chi connectivity index (χ1n) is 10.3. The fourth-order valence-corrected chi connectivity index (χ4v) is 7.67. The van der Waals surface area contributed by atoms with Crippen LogP contribution in [-0.2, 0) is 10.8 Å². The van der Waals surface area contributed by atoms with E-state index in [-0.39, 0.29) is 16.7 Å². The van der Waals surface area contributed by atoms with Gasteiger partial charge in [-0.15, -0.1) is 0 Å². The summed E-state index contributed by atoms with van der Waals surface area (Å²) in [7, 11) is 9.21. The lowest BCUT2D eigenvalue weighted by atomic mass is 9.66. The third-order valence-electron chi connectivity index (χ3n) is 8.63. The molecule has 0 N–H and O–H groups in total.